The number of ether oxygens (including phenoxy) is 2. The molecule has 2 aromatic carbocycles. The van der Waals surface area contributed by atoms with E-state index < -0.39 is 0 Å². The summed E-state index contributed by atoms with van der Waals surface area (Å²) in [6.45, 7) is 3.72. The van der Waals surface area contributed by atoms with Gasteiger partial charge in [-0.25, -0.2) is 4.79 Å². The van der Waals surface area contributed by atoms with Gasteiger partial charge < -0.3 is 9.47 Å². The van der Waals surface area contributed by atoms with Gasteiger partial charge in [0.2, 0.25) is 0 Å². The minimum atomic E-state index is -0.378. The molecule has 0 aliphatic rings. The molecule has 0 aliphatic heterocycles. The molecule has 0 aromatic heterocycles. The van der Waals surface area contributed by atoms with Crippen LogP contribution in [0.25, 0.3) is 0 Å². The molecule has 5 heteroatoms. The number of benzene rings is 2. The number of rotatable bonds is 6. The molecule has 0 unspecified atom stereocenters. The Morgan fingerprint density at radius 3 is 2.62 bits per heavy atom. The Balaban J connectivity index is 2.11. The third-order valence-corrected chi connectivity index (χ3v) is 3.33. The predicted octanol–water partition coefficient (Wildman–Crippen LogP) is 3.52. The molecule has 0 N–H and O–H groups in total. The number of hydrogen-bond acceptors (Lipinski definition) is 5. The Kier molecular flexibility index (Phi) is 5.69. The summed E-state index contributed by atoms with van der Waals surface area (Å²) >= 11 is 0. The van der Waals surface area contributed by atoms with Gasteiger partial charge in [0.15, 0.2) is 5.78 Å². The summed E-state index contributed by atoms with van der Waals surface area (Å²) in [6, 6.07) is 13.7. The summed E-state index contributed by atoms with van der Waals surface area (Å²) in [5, 5.41) is 9.12. The first-order chi connectivity index (χ1) is 11.5. The standard InChI is InChI=1S/C19H17NO4/c1-3-23-19(22)15-6-4-5-14(9-15)12-24-17-7-8-18(13(2)21)16(10-17)11-20/h4-10H,3,12H2,1-2H3. The van der Waals surface area contributed by atoms with Crippen molar-refractivity contribution >= 4 is 11.8 Å². The summed E-state index contributed by atoms with van der Waals surface area (Å²) in [5.41, 5.74) is 1.91. The number of hydrogen-bond donors (Lipinski definition) is 0. The number of Topliss-reactive ketones (excluding diaryl/α,β-unsaturated/α-hetero) is 1. The van der Waals surface area contributed by atoms with Gasteiger partial charge in [-0.3, -0.25) is 4.79 Å². The van der Waals surface area contributed by atoms with Crippen LogP contribution in [0.2, 0.25) is 0 Å². The van der Waals surface area contributed by atoms with Crippen molar-refractivity contribution in [2.75, 3.05) is 6.61 Å². The van der Waals surface area contributed by atoms with E-state index in [1.54, 1.807) is 37.3 Å². The van der Waals surface area contributed by atoms with Crippen molar-refractivity contribution in [3.63, 3.8) is 0 Å². The Morgan fingerprint density at radius 1 is 1.17 bits per heavy atom. The van der Waals surface area contributed by atoms with Crippen LogP contribution >= 0.6 is 0 Å². The van der Waals surface area contributed by atoms with Gasteiger partial charge in [-0.05, 0) is 49.7 Å². The highest BCUT2D eigenvalue weighted by atomic mass is 16.5. The minimum Gasteiger partial charge on any atom is -0.489 e. The van der Waals surface area contributed by atoms with E-state index in [1.165, 1.54) is 13.0 Å². The summed E-state index contributed by atoms with van der Waals surface area (Å²) in [7, 11) is 0. The molecule has 122 valence electrons. The van der Waals surface area contributed by atoms with Gasteiger partial charge in [0.1, 0.15) is 18.4 Å². The molecule has 0 atom stereocenters. The topological polar surface area (TPSA) is 76.4 Å². The summed E-state index contributed by atoms with van der Waals surface area (Å²) in [5.74, 6) is -0.0600. The number of carbonyl (C=O) groups is 2. The van der Waals surface area contributed by atoms with E-state index in [0.29, 0.717) is 23.5 Å². The van der Waals surface area contributed by atoms with Crippen LogP contribution in [0.3, 0.4) is 0 Å². The molecule has 2 aromatic rings. The first-order valence-corrected chi connectivity index (χ1v) is 7.49. The average molecular weight is 323 g/mol. The van der Waals surface area contributed by atoms with Gasteiger partial charge >= 0.3 is 5.97 Å². The Hall–Kier alpha value is -3.13. The Labute approximate surface area is 140 Å². The van der Waals surface area contributed by atoms with Crippen molar-refractivity contribution in [3.8, 4) is 11.8 Å². The maximum atomic E-state index is 11.7. The number of nitriles is 1. The summed E-state index contributed by atoms with van der Waals surface area (Å²) in [6.07, 6.45) is 0. The number of nitrogens with zero attached hydrogens (tertiary/aromatic N) is 1. The molecular weight excluding hydrogens is 306 g/mol. The lowest BCUT2D eigenvalue weighted by Gasteiger charge is -2.09. The highest BCUT2D eigenvalue weighted by molar-refractivity contribution is 5.96. The van der Waals surface area contributed by atoms with Gasteiger partial charge in [-0.15, -0.1) is 0 Å². The molecule has 0 saturated carbocycles. The largest absolute Gasteiger partial charge is 0.489 e. The van der Waals surface area contributed by atoms with Crippen LogP contribution in [-0.2, 0) is 11.3 Å². The first-order valence-electron chi connectivity index (χ1n) is 7.49. The van der Waals surface area contributed by atoms with Crippen LogP contribution in [0.4, 0.5) is 0 Å². The van der Waals surface area contributed by atoms with Crippen molar-refractivity contribution in [2.45, 2.75) is 20.5 Å². The highest BCUT2D eigenvalue weighted by Gasteiger charge is 2.10. The van der Waals surface area contributed by atoms with E-state index >= 15 is 0 Å². The molecule has 0 aliphatic carbocycles. The third-order valence-electron chi connectivity index (χ3n) is 3.33. The van der Waals surface area contributed by atoms with E-state index in [9.17, 15) is 9.59 Å². The zero-order valence-corrected chi connectivity index (χ0v) is 13.5. The third kappa shape index (κ3) is 4.20. The minimum absolute atomic E-state index is 0.166. The van der Waals surface area contributed by atoms with E-state index in [2.05, 4.69) is 0 Å². The van der Waals surface area contributed by atoms with Crippen LogP contribution in [0.1, 0.15) is 45.7 Å². The maximum Gasteiger partial charge on any atom is 0.338 e. The smallest absolute Gasteiger partial charge is 0.338 e. The van der Waals surface area contributed by atoms with Gasteiger partial charge in [0.25, 0.3) is 0 Å². The molecular formula is C19H17NO4. The molecule has 0 amide bonds. The molecule has 0 saturated heterocycles. The van der Waals surface area contributed by atoms with Crippen molar-refractivity contribution < 1.29 is 19.1 Å². The van der Waals surface area contributed by atoms with Crippen LogP contribution in [0, 0.1) is 11.3 Å². The Morgan fingerprint density at radius 2 is 1.96 bits per heavy atom. The molecule has 2 rings (SSSR count). The molecule has 0 fully saturated rings. The first kappa shape index (κ1) is 17.2. The Bertz CT molecular complexity index is 805. The van der Waals surface area contributed by atoms with E-state index in [0.717, 1.165) is 5.56 Å². The quantitative estimate of drug-likeness (QED) is 0.600. The monoisotopic (exact) mass is 323 g/mol. The number of ketones is 1. The fourth-order valence-electron chi connectivity index (χ4n) is 2.18. The second kappa shape index (κ2) is 7.93. The zero-order chi connectivity index (χ0) is 17.5. The van der Waals surface area contributed by atoms with Crippen molar-refractivity contribution in [1.82, 2.24) is 0 Å². The van der Waals surface area contributed by atoms with Crippen molar-refractivity contribution in [3.05, 3.63) is 64.7 Å². The molecule has 24 heavy (non-hydrogen) atoms. The second-order valence-corrected chi connectivity index (χ2v) is 5.08. The van der Waals surface area contributed by atoms with Crippen molar-refractivity contribution in [2.24, 2.45) is 0 Å². The number of esters is 1. The van der Waals surface area contributed by atoms with Crippen LogP contribution in [0.15, 0.2) is 42.5 Å². The van der Waals surface area contributed by atoms with Crippen molar-refractivity contribution in [1.29, 1.82) is 5.26 Å². The van der Waals surface area contributed by atoms with Crippen LogP contribution in [-0.4, -0.2) is 18.4 Å². The fourth-order valence-corrected chi connectivity index (χ4v) is 2.18. The lowest BCUT2D eigenvalue weighted by Crippen LogP contribution is -2.06. The average Bonchev–Trinajstić information content (AvgIpc) is 2.60. The number of carbonyl (C=O) groups excluding carboxylic acids is 2. The van der Waals surface area contributed by atoms with Gasteiger partial charge in [0.05, 0.1) is 17.7 Å². The molecule has 0 heterocycles. The SMILES string of the molecule is CCOC(=O)c1cccc(COc2ccc(C(C)=O)c(C#N)c2)c1. The van der Waals surface area contributed by atoms with Crippen LogP contribution < -0.4 is 4.74 Å². The summed E-state index contributed by atoms with van der Waals surface area (Å²) < 4.78 is 10.6. The van der Waals surface area contributed by atoms with Gasteiger partial charge in [-0.2, -0.15) is 5.26 Å². The van der Waals surface area contributed by atoms with Crippen LogP contribution in [0.5, 0.6) is 5.75 Å². The maximum absolute atomic E-state index is 11.7. The molecule has 5 nitrogen and oxygen atoms in total. The molecule has 0 bridgehead atoms. The van der Waals surface area contributed by atoms with Gasteiger partial charge in [-0.1, -0.05) is 12.1 Å². The second-order valence-electron chi connectivity index (χ2n) is 5.08. The molecule has 0 spiro atoms. The highest BCUT2D eigenvalue weighted by Crippen LogP contribution is 2.19. The summed E-state index contributed by atoms with van der Waals surface area (Å²) in [4.78, 5) is 23.2. The normalized spacial score (nSPS) is 9.88. The molecule has 0 radical (unpaired) electrons. The van der Waals surface area contributed by atoms with E-state index in [4.69, 9.17) is 14.7 Å². The lowest BCUT2D eigenvalue weighted by atomic mass is 10.1. The van der Waals surface area contributed by atoms with E-state index in [-0.39, 0.29) is 23.9 Å². The van der Waals surface area contributed by atoms with E-state index in [1.807, 2.05) is 12.1 Å². The predicted molar refractivity (Wildman–Crippen MR) is 87.9 cm³/mol. The van der Waals surface area contributed by atoms with Gasteiger partial charge in [0, 0.05) is 5.56 Å². The lowest BCUT2D eigenvalue weighted by molar-refractivity contribution is 0.0526. The zero-order valence-electron chi connectivity index (χ0n) is 13.5. The fraction of sp³-hybridized carbons (Fsp3) is 0.211.